The number of aliphatic hydroxyl groups is 1. The SMILES string of the molecule is CCOc1cc([C@@H](C)N(CCCCc2ccccc2)C(=O)NC2(C(=O)O)CC(F)(F)C2)cc(OCC)c1C(C)O. The van der Waals surface area contributed by atoms with Crippen LogP contribution in [0.4, 0.5) is 13.6 Å². The van der Waals surface area contributed by atoms with Gasteiger partial charge in [0.2, 0.25) is 0 Å². The van der Waals surface area contributed by atoms with Crippen LogP contribution in [0.15, 0.2) is 42.5 Å². The molecule has 0 aliphatic heterocycles. The van der Waals surface area contributed by atoms with E-state index in [4.69, 9.17) is 9.47 Å². The molecule has 2 aromatic carbocycles. The lowest BCUT2D eigenvalue weighted by Gasteiger charge is -2.45. The Labute approximate surface area is 234 Å². The maximum absolute atomic E-state index is 13.7. The maximum atomic E-state index is 13.7. The van der Waals surface area contributed by atoms with Gasteiger partial charge in [-0.15, -0.1) is 0 Å². The zero-order chi connectivity index (χ0) is 29.5. The number of carboxylic acid groups (broad SMARTS) is 1. The number of ether oxygens (including phenoxy) is 2. The summed E-state index contributed by atoms with van der Waals surface area (Å²) in [4.78, 5) is 26.9. The summed E-state index contributed by atoms with van der Waals surface area (Å²) < 4.78 is 39.1. The predicted molar refractivity (Wildman–Crippen MR) is 147 cm³/mol. The van der Waals surface area contributed by atoms with Crippen LogP contribution in [-0.2, 0) is 11.2 Å². The highest BCUT2D eigenvalue weighted by molar-refractivity contribution is 5.88. The molecule has 3 rings (SSSR count). The van der Waals surface area contributed by atoms with Crippen molar-refractivity contribution in [2.45, 2.75) is 83.4 Å². The van der Waals surface area contributed by atoms with Crippen molar-refractivity contribution in [3.05, 3.63) is 59.2 Å². The first-order chi connectivity index (χ1) is 18.9. The first-order valence-corrected chi connectivity index (χ1v) is 13.8. The summed E-state index contributed by atoms with van der Waals surface area (Å²) in [6, 6.07) is 12.0. The van der Waals surface area contributed by atoms with E-state index in [0.717, 1.165) is 18.4 Å². The van der Waals surface area contributed by atoms with Gasteiger partial charge in [0.25, 0.3) is 5.92 Å². The number of carboxylic acids is 1. The summed E-state index contributed by atoms with van der Waals surface area (Å²) in [7, 11) is 0. The first kappa shape index (κ1) is 31.1. The Balaban J connectivity index is 1.90. The number of halogens is 2. The molecular weight excluding hydrogens is 522 g/mol. The molecule has 0 heterocycles. The van der Waals surface area contributed by atoms with Gasteiger partial charge in [-0.3, -0.25) is 0 Å². The molecule has 1 saturated carbocycles. The van der Waals surface area contributed by atoms with Crippen molar-refractivity contribution in [1.82, 2.24) is 10.2 Å². The molecule has 0 spiro atoms. The molecule has 8 nitrogen and oxygen atoms in total. The molecule has 1 unspecified atom stereocenters. The highest BCUT2D eigenvalue weighted by Crippen LogP contribution is 2.46. The second-order valence-corrected chi connectivity index (χ2v) is 10.3. The van der Waals surface area contributed by atoms with Crippen LogP contribution in [0.3, 0.4) is 0 Å². The number of hydrogen-bond donors (Lipinski definition) is 3. The minimum absolute atomic E-state index is 0.262. The van der Waals surface area contributed by atoms with Gasteiger partial charge in [0.05, 0.1) is 30.9 Å². The molecule has 2 amide bonds. The number of benzene rings is 2. The molecule has 2 aromatic rings. The fourth-order valence-electron chi connectivity index (χ4n) is 5.13. The highest BCUT2D eigenvalue weighted by Gasteiger charge is 2.62. The zero-order valence-electron chi connectivity index (χ0n) is 23.6. The second-order valence-electron chi connectivity index (χ2n) is 10.3. The summed E-state index contributed by atoms with van der Waals surface area (Å²) >= 11 is 0. The number of aryl methyl sites for hydroxylation is 1. The number of carbonyl (C=O) groups is 2. The third kappa shape index (κ3) is 7.41. The van der Waals surface area contributed by atoms with E-state index in [9.17, 15) is 28.6 Å². The molecule has 10 heteroatoms. The number of rotatable bonds is 14. The van der Waals surface area contributed by atoms with Crippen molar-refractivity contribution in [3.8, 4) is 11.5 Å². The maximum Gasteiger partial charge on any atom is 0.329 e. The van der Waals surface area contributed by atoms with Gasteiger partial charge in [-0.2, -0.15) is 0 Å². The molecule has 0 radical (unpaired) electrons. The van der Waals surface area contributed by atoms with Crippen LogP contribution < -0.4 is 14.8 Å². The highest BCUT2D eigenvalue weighted by atomic mass is 19.3. The van der Waals surface area contributed by atoms with Crippen molar-refractivity contribution in [2.75, 3.05) is 19.8 Å². The van der Waals surface area contributed by atoms with E-state index in [1.54, 1.807) is 26.0 Å². The fraction of sp³-hybridized carbons (Fsp3) is 0.533. The third-order valence-corrected chi connectivity index (χ3v) is 7.19. The summed E-state index contributed by atoms with van der Waals surface area (Å²) in [6.07, 6.45) is -0.626. The number of alkyl halides is 2. The van der Waals surface area contributed by atoms with Crippen LogP contribution in [0.2, 0.25) is 0 Å². The number of nitrogens with zero attached hydrogens (tertiary/aromatic N) is 1. The molecule has 1 aliphatic carbocycles. The average Bonchev–Trinajstić information content (AvgIpc) is 2.87. The summed E-state index contributed by atoms with van der Waals surface area (Å²) in [5, 5.41) is 22.5. The van der Waals surface area contributed by atoms with Gasteiger partial charge in [0.15, 0.2) is 5.54 Å². The van der Waals surface area contributed by atoms with Crippen LogP contribution in [0, 0.1) is 0 Å². The molecule has 220 valence electrons. The largest absolute Gasteiger partial charge is 0.493 e. The van der Waals surface area contributed by atoms with Crippen LogP contribution in [0.1, 0.15) is 82.2 Å². The lowest BCUT2D eigenvalue weighted by atomic mass is 9.73. The van der Waals surface area contributed by atoms with Crippen molar-refractivity contribution in [3.63, 3.8) is 0 Å². The summed E-state index contributed by atoms with van der Waals surface area (Å²) in [5.74, 6) is -3.80. The van der Waals surface area contributed by atoms with Gasteiger partial charge in [-0.25, -0.2) is 18.4 Å². The van der Waals surface area contributed by atoms with Gasteiger partial charge >= 0.3 is 12.0 Å². The zero-order valence-corrected chi connectivity index (χ0v) is 23.6. The fourth-order valence-corrected chi connectivity index (χ4v) is 5.13. The number of aliphatic carboxylic acids is 1. The number of amides is 2. The molecule has 40 heavy (non-hydrogen) atoms. The molecule has 2 atom stereocenters. The normalized spacial score (nSPS) is 16.8. The lowest BCUT2D eigenvalue weighted by molar-refractivity contribution is -0.175. The quantitative estimate of drug-likeness (QED) is 0.248. The Kier molecular flexibility index (Phi) is 10.4. The number of hydrogen-bond acceptors (Lipinski definition) is 5. The number of nitrogens with one attached hydrogen (secondary N) is 1. The number of unbranched alkanes of at least 4 members (excludes halogenated alkanes) is 1. The van der Waals surface area contributed by atoms with E-state index in [1.165, 1.54) is 4.90 Å². The van der Waals surface area contributed by atoms with Crippen LogP contribution in [-0.4, -0.2) is 58.3 Å². The van der Waals surface area contributed by atoms with Crippen molar-refractivity contribution in [2.24, 2.45) is 0 Å². The van der Waals surface area contributed by atoms with Crippen molar-refractivity contribution < 1.29 is 38.1 Å². The lowest BCUT2D eigenvalue weighted by Crippen LogP contribution is -2.68. The Morgan fingerprint density at radius 1 is 1.02 bits per heavy atom. The monoisotopic (exact) mass is 562 g/mol. The van der Waals surface area contributed by atoms with E-state index < -0.39 is 48.4 Å². The van der Waals surface area contributed by atoms with E-state index in [1.807, 2.05) is 44.2 Å². The average molecular weight is 563 g/mol. The molecule has 0 saturated heterocycles. The molecule has 3 N–H and O–H groups in total. The van der Waals surface area contributed by atoms with Gasteiger partial charge < -0.3 is 29.9 Å². The molecule has 1 aliphatic rings. The molecule has 1 fully saturated rings. The number of aliphatic hydroxyl groups excluding tert-OH is 1. The Hall–Kier alpha value is -3.40. The van der Waals surface area contributed by atoms with Crippen LogP contribution in [0.25, 0.3) is 0 Å². The smallest absolute Gasteiger partial charge is 0.329 e. The second kappa shape index (κ2) is 13.3. The third-order valence-electron chi connectivity index (χ3n) is 7.19. The summed E-state index contributed by atoms with van der Waals surface area (Å²) in [5.41, 5.74) is 0.258. The van der Waals surface area contributed by atoms with Crippen LogP contribution >= 0.6 is 0 Å². The topological polar surface area (TPSA) is 108 Å². The van der Waals surface area contributed by atoms with Gasteiger partial charge in [-0.1, -0.05) is 30.3 Å². The van der Waals surface area contributed by atoms with Gasteiger partial charge in [-0.05, 0) is 70.2 Å². The van der Waals surface area contributed by atoms with E-state index in [-0.39, 0.29) is 6.54 Å². The minimum atomic E-state index is -3.15. The van der Waals surface area contributed by atoms with E-state index >= 15 is 0 Å². The van der Waals surface area contributed by atoms with Gasteiger partial charge in [0.1, 0.15) is 11.5 Å². The molecule has 0 aromatic heterocycles. The summed E-state index contributed by atoms with van der Waals surface area (Å²) in [6.45, 7) is 7.95. The van der Waals surface area contributed by atoms with Crippen molar-refractivity contribution in [1.29, 1.82) is 0 Å². The number of urea groups is 1. The Morgan fingerprint density at radius 2 is 1.60 bits per heavy atom. The standard InChI is InChI=1S/C30H40F2N2O6/c1-5-39-24-16-23(17-25(40-6-2)26(24)21(4)35)20(3)34(15-11-10-14-22-12-8-7-9-13-22)28(38)33-29(27(36)37)18-30(31,32)19-29/h7-9,12-13,16-17,20-21,35H,5-6,10-11,14-15,18-19H2,1-4H3,(H,33,38)(H,36,37)/t20-,21?/m1/s1. The Bertz CT molecular complexity index is 1120. The molecule has 0 bridgehead atoms. The van der Waals surface area contributed by atoms with Gasteiger partial charge in [0, 0.05) is 19.4 Å². The molecular formula is C30H40F2N2O6. The Morgan fingerprint density at radius 3 is 2.08 bits per heavy atom. The van der Waals surface area contributed by atoms with E-state index in [2.05, 4.69) is 5.32 Å². The minimum Gasteiger partial charge on any atom is -0.493 e. The van der Waals surface area contributed by atoms with E-state index in [0.29, 0.717) is 42.3 Å². The van der Waals surface area contributed by atoms with Crippen molar-refractivity contribution >= 4 is 12.0 Å². The number of carbonyl (C=O) groups excluding carboxylic acids is 1. The van der Waals surface area contributed by atoms with Crippen LogP contribution in [0.5, 0.6) is 11.5 Å². The first-order valence-electron chi connectivity index (χ1n) is 13.8. The predicted octanol–water partition coefficient (Wildman–Crippen LogP) is 5.89.